The Morgan fingerprint density at radius 2 is 1.57 bits per heavy atom. The molecule has 1 aliphatic rings. The van der Waals surface area contributed by atoms with Crippen LogP contribution < -0.4 is 0 Å². The molecule has 0 bridgehead atoms. The molecule has 0 unspecified atom stereocenters. The van der Waals surface area contributed by atoms with E-state index in [0.717, 1.165) is 0 Å². The van der Waals surface area contributed by atoms with Crippen LogP contribution in [0.5, 0.6) is 0 Å². The van der Waals surface area contributed by atoms with E-state index in [9.17, 15) is 0 Å². The van der Waals surface area contributed by atoms with E-state index in [1.165, 1.54) is 6.42 Å². The summed E-state index contributed by atoms with van der Waals surface area (Å²) in [6.07, 6.45) is 5.50. The van der Waals surface area contributed by atoms with Crippen LogP contribution >= 0.6 is 8.25 Å². The van der Waals surface area contributed by atoms with Crippen LogP contribution in [0.3, 0.4) is 0 Å². The first-order valence-electron chi connectivity index (χ1n) is 1.73. The molecular weight excluding hydrogens is 115 g/mol. The first kappa shape index (κ1) is 6.76. The standard InChI is InChI=1S/C3H4.HO3P/c1-2-3-1;1-4(2)3/h1-2H,3H2;(H-,1,2,3)/p+1. The van der Waals surface area contributed by atoms with Gasteiger partial charge in [0.05, 0.1) is 0 Å². The van der Waals surface area contributed by atoms with Crippen molar-refractivity contribution in [3.63, 3.8) is 0 Å². The predicted molar refractivity (Wildman–Crippen MR) is 25.8 cm³/mol. The second-order valence-corrected chi connectivity index (χ2v) is 1.47. The molecule has 7 heavy (non-hydrogen) atoms. The fraction of sp³-hybridized carbons (Fsp3) is 0.333. The summed E-state index contributed by atoms with van der Waals surface area (Å²) in [5, 5.41) is 0. The average molecular weight is 121 g/mol. The molecule has 0 spiro atoms. The van der Waals surface area contributed by atoms with Crippen LogP contribution in [0.1, 0.15) is 6.42 Å². The molecule has 0 radical (unpaired) electrons. The minimum Gasteiger partial charge on any atom is -0.134 e. The Morgan fingerprint density at radius 1 is 1.43 bits per heavy atom. The minimum atomic E-state index is -2.87. The van der Waals surface area contributed by atoms with Gasteiger partial charge in [-0.1, -0.05) is 12.2 Å². The topological polar surface area (TPSA) is 57.5 Å². The lowest BCUT2D eigenvalue weighted by atomic mass is 10.9. The van der Waals surface area contributed by atoms with Gasteiger partial charge in [-0.25, -0.2) is 0 Å². The molecule has 0 aliphatic heterocycles. The lowest BCUT2D eigenvalue weighted by molar-refractivity contribution is 0.405. The fourth-order valence-electron chi connectivity index (χ4n) is 0. The molecule has 0 fully saturated rings. The molecule has 40 valence electrons. The fourth-order valence-corrected chi connectivity index (χ4v) is 0. The highest BCUT2D eigenvalue weighted by atomic mass is 31.1. The van der Waals surface area contributed by atoms with Crippen LogP contribution in [-0.2, 0) is 4.57 Å². The SMILES string of the molecule is C1=CC1.O=[P+](O)O. The van der Waals surface area contributed by atoms with Gasteiger partial charge in [0.25, 0.3) is 0 Å². The zero-order valence-corrected chi connectivity index (χ0v) is 4.51. The first-order chi connectivity index (χ1) is 3.23. The maximum absolute atomic E-state index is 8.70. The second kappa shape index (κ2) is 3.93. The van der Waals surface area contributed by atoms with Crippen LogP contribution in [0.4, 0.5) is 0 Å². The summed E-state index contributed by atoms with van der Waals surface area (Å²) in [5.41, 5.74) is 0. The van der Waals surface area contributed by atoms with Gasteiger partial charge in [0.1, 0.15) is 0 Å². The summed E-state index contributed by atoms with van der Waals surface area (Å²) in [6, 6.07) is 0. The molecule has 0 amide bonds. The van der Waals surface area contributed by atoms with Gasteiger partial charge in [-0.2, -0.15) is 0 Å². The lowest BCUT2D eigenvalue weighted by Gasteiger charge is -1.34. The van der Waals surface area contributed by atoms with Gasteiger partial charge >= 0.3 is 8.25 Å². The molecule has 0 aromatic heterocycles. The molecule has 0 aromatic carbocycles. The Hall–Kier alpha value is -0.240. The van der Waals surface area contributed by atoms with E-state index in [-0.39, 0.29) is 0 Å². The van der Waals surface area contributed by atoms with Crippen molar-refractivity contribution in [3.8, 4) is 0 Å². The number of allylic oxidation sites excluding steroid dienone is 2. The monoisotopic (exact) mass is 121 g/mol. The maximum atomic E-state index is 8.70. The van der Waals surface area contributed by atoms with Gasteiger partial charge in [0.2, 0.25) is 0 Å². The van der Waals surface area contributed by atoms with Crippen molar-refractivity contribution in [2.75, 3.05) is 0 Å². The molecule has 0 heterocycles. The van der Waals surface area contributed by atoms with E-state index < -0.39 is 8.25 Å². The van der Waals surface area contributed by atoms with Gasteiger partial charge < -0.3 is 0 Å². The summed E-state index contributed by atoms with van der Waals surface area (Å²) in [6.45, 7) is 0. The van der Waals surface area contributed by atoms with Crippen LogP contribution in [0.15, 0.2) is 12.2 Å². The maximum Gasteiger partial charge on any atom is 0.692 e. The van der Waals surface area contributed by atoms with E-state index in [0.29, 0.717) is 0 Å². The average Bonchev–Trinajstić information content (AvgIpc) is 2.02. The third kappa shape index (κ3) is 141. The largest absolute Gasteiger partial charge is 0.692 e. The van der Waals surface area contributed by atoms with Crippen molar-refractivity contribution in [2.24, 2.45) is 0 Å². The van der Waals surface area contributed by atoms with Gasteiger partial charge in [0.15, 0.2) is 0 Å². The number of hydrogen-bond donors (Lipinski definition) is 2. The summed E-state index contributed by atoms with van der Waals surface area (Å²) >= 11 is 0. The van der Waals surface area contributed by atoms with Crippen molar-refractivity contribution >= 4 is 8.25 Å². The lowest BCUT2D eigenvalue weighted by Crippen LogP contribution is -1.38. The molecule has 0 saturated carbocycles. The minimum absolute atomic E-state index is 1.25. The molecule has 1 aliphatic carbocycles. The van der Waals surface area contributed by atoms with Gasteiger partial charge in [-0.05, 0) is 6.42 Å². The molecule has 0 aromatic rings. The Kier molecular flexibility index (Phi) is 3.80. The molecule has 3 nitrogen and oxygen atoms in total. The first-order valence-corrected chi connectivity index (χ1v) is 2.90. The molecule has 0 saturated heterocycles. The highest BCUT2D eigenvalue weighted by molar-refractivity contribution is 7.30. The predicted octanol–water partition coefficient (Wildman–Crippen LogP) is 0.575. The van der Waals surface area contributed by atoms with E-state index in [1.54, 1.807) is 0 Å². The van der Waals surface area contributed by atoms with Crippen LogP contribution in [0.2, 0.25) is 0 Å². The van der Waals surface area contributed by atoms with Gasteiger partial charge in [0, 0.05) is 4.57 Å². The Labute approximate surface area is 42.2 Å². The molecule has 2 N–H and O–H groups in total. The van der Waals surface area contributed by atoms with Crippen LogP contribution in [0.25, 0.3) is 0 Å². The Balaban J connectivity index is 0.000000105. The summed E-state index contributed by atoms with van der Waals surface area (Å²) in [5.74, 6) is 0. The van der Waals surface area contributed by atoms with E-state index >= 15 is 0 Å². The summed E-state index contributed by atoms with van der Waals surface area (Å²) in [4.78, 5) is 14.2. The van der Waals surface area contributed by atoms with Crippen LogP contribution in [-0.4, -0.2) is 9.79 Å². The number of hydrogen-bond acceptors (Lipinski definition) is 1. The molecular formula is C3H6O3P+. The normalized spacial score (nSPS) is 11.7. The van der Waals surface area contributed by atoms with Crippen molar-refractivity contribution in [3.05, 3.63) is 12.2 Å². The highest BCUT2D eigenvalue weighted by Crippen LogP contribution is 1.98. The van der Waals surface area contributed by atoms with Crippen molar-refractivity contribution in [1.29, 1.82) is 0 Å². The van der Waals surface area contributed by atoms with E-state index in [4.69, 9.17) is 14.4 Å². The summed E-state index contributed by atoms with van der Waals surface area (Å²) in [7, 11) is -2.87. The Bertz CT molecular complexity index is 80.2. The number of rotatable bonds is 0. The zero-order valence-electron chi connectivity index (χ0n) is 3.61. The quantitative estimate of drug-likeness (QED) is 0.364. The smallest absolute Gasteiger partial charge is 0.134 e. The zero-order chi connectivity index (χ0) is 5.70. The molecule has 4 heteroatoms. The van der Waals surface area contributed by atoms with Crippen LogP contribution in [0, 0.1) is 0 Å². The third-order valence-electron chi connectivity index (χ3n) is 0.236. The van der Waals surface area contributed by atoms with Gasteiger partial charge in [-0.3, -0.25) is 0 Å². The van der Waals surface area contributed by atoms with Gasteiger partial charge in [-0.15, -0.1) is 9.79 Å². The van der Waals surface area contributed by atoms with Crippen molar-refractivity contribution < 1.29 is 14.4 Å². The molecule has 0 atom stereocenters. The van der Waals surface area contributed by atoms with Crippen molar-refractivity contribution in [1.82, 2.24) is 0 Å². The summed E-state index contributed by atoms with van der Waals surface area (Å²) < 4.78 is 8.70. The Morgan fingerprint density at radius 3 is 1.57 bits per heavy atom. The second-order valence-electron chi connectivity index (χ2n) is 0.960. The molecule has 1 rings (SSSR count). The highest BCUT2D eigenvalue weighted by Gasteiger charge is 1.93. The van der Waals surface area contributed by atoms with Crippen molar-refractivity contribution in [2.45, 2.75) is 6.42 Å². The van der Waals surface area contributed by atoms with E-state index in [1.807, 2.05) is 0 Å². The third-order valence-corrected chi connectivity index (χ3v) is 0.236. The van der Waals surface area contributed by atoms with E-state index in [2.05, 4.69) is 12.2 Å².